The smallest absolute Gasteiger partial charge is 0.126 e. The summed E-state index contributed by atoms with van der Waals surface area (Å²) in [5.74, 6) is -0.0173. The van der Waals surface area contributed by atoms with Crippen LogP contribution in [0, 0.1) is 5.82 Å². The fraction of sp³-hybridized carbons (Fsp3) is 0.500. The second-order valence-corrected chi connectivity index (χ2v) is 7.41. The molecule has 23 heavy (non-hydrogen) atoms. The van der Waals surface area contributed by atoms with Crippen LogP contribution in [0.3, 0.4) is 0 Å². The lowest BCUT2D eigenvalue weighted by Crippen LogP contribution is -2.40. The number of rotatable bonds is 6. The Kier molecular flexibility index (Phi) is 5.50. The van der Waals surface area contributed by atoms with Crippen LogP contribution in [0.2, 0.25) is 0 Å². The Hall–Kier alpha value is -1.19. The number of hydrogen-bond acceptors (Lipinski definition) is 2. The van der Waals surface area contributed by atoms with E-state index in [0.717, 1.165) is 37.9 Å². The molecule has 0 amide bonds. The lowest BCUT2D eigenvalue weighted by molar-refractivity contribution is 0.179. The van der Waals surface area contributed by atoms with Gasteiger partial charge >= 0.3 is 0 Å². The van der Waals surface area contributed by atoms with Gasteiger partial charge in [-0.05, 0) is 79.4 Å². The Bertz CT molecular complexity index is 629. The van der Waals surface area contributed by atoms with Crippen LogP contribution in [0.25, 0.3) is 10.4 Å². The van der Waals surface area contributed by atoms with E-state index in [1.165, 1.54) is 28.8 Å². The van der Waals surface area contributed by atoms with E-state index in [-0.39, 0.29) is 5.82 Å². The van der Waals surface area contributed by atoms with Crippen LogP contribution in [0.15, 0.2) is 29.6 Å². The minimum absolute atomic E-state index is 0.0173. The quantitative estimate of drug-likeness (QED) is 0.672. The van der Waals surface area contributed by atoms with Crippen LogP contribution in [0.1, 0.15) is 44.2 Å². The molecule has 0 saturated heterocycles. The molecule has 124 valence electrons. The molecular weight excluding hydrogens is 305 g/mol. The third kappa shape index (κ3) is 3.51. The average Bonchev–Trinajstić information content (AvgIpc) is 3.09. The molecule has 1 atom stereocenters. The van der Waals surface area contributed by atoms with E-state index in [9.17, 15) is 4.39 Å². The Morgan fingerprint density at radius 1 is 1.13 bits per heavy atom. The van der Waals surface area contributed by atoms with E-state index in [4.69, 9.17) is 0 Å². The van der Waals surface area contributed by atoms with Gasteiger partial charge in [0.2, 0.25) is 0 Å². The summed E-state index contributed by atoms with van der Waals surface area (Å²) in [6, 6.07) is 8.42. The maximum Gasteiger partial charge on any atom is 0.126 e. The average molecular weight is 332 g/mol. The molecule has 1 nitrogen and oxygen atoms in total. The van der Waals surface area contributed by atoms with Gasteiger partial charge in [-0.3, -0.25) is 0 Å². The third-order valence-corrected chi connectivity index (χ3v) is 5.77. The lowest BCUT2D eigenvalue weighted by Gasteiger charge is -2.36. The molecule has 0 bridgehead atoms. The Labute approximate surface area is 143 Å². The molecule has 0 fully saturated rings. The Morgan fingerprint density at radius 3 is 2.57 bits per heavy atom. The number of thiophene rings is 1. The normalized spacial score (nSPS) is 17.5. The number of hydrogen-bond donors (Lipinski definition) is 0. The molecule has 0 saturated carbocycles. The number of nitrogens with zero attached hydrogens (tertiary/aromatic N) is 1. The molecule has 0 unspecified atom stereocenters. The van der Waals surface area contributed by atoms with Gasteiger partial charge in [-0.25, -0.2) is 4.39 Å². The molecule has 0 N–H and O–H groups in total. The van der Waals surface area contributed by atoms with Crippen molar-refractivity contribution < 1.29 is 4.39 Å². The summed E-state index contributed by atoms with van der Waals surface area (Å²) in [6.45, 7) is 6.79. The van der Waals surface area contributed by atoms with Gasteiger partial charge in [0.1, 0.15) is 5.82 Å². The van der Waals surface area contributed by atoms with Gasteiger partial charge in [0, 0.05) is 10.9 Å². The first-order valence-corrected chi connectivity index (χ1v) is 9.70. The molecule has 0 radical (unpaired) electrons. The highest BCUT2D eigenvalue weighted by Crippen LogP contribution is 2.36. The summed E-state index contributed by atoms with van der Waals surface area (Å²) < 4.78 is 14.3. The van der Waals surface area contributed by atoms with Crippen molar-refractivity contribution in [2.24, 2.45) is 0 Å². The van der Waals surface area contributed by atoms with Gasteiger partial charge in [-0.1, -0.05) is 26.0 Å². The van der Waals surface area contributed by atoms with Gasteiger partial charge in [-0.2, -0.15) is 0 Å². The SMILES string of the molecule is CCCN(CCC)[C@@H]1CCc2c(F)ccc(-c3cccs3)c2C1. The summed E-state index contributed by atoms with van der Waals surface area (Å²) in [7, 11) is 0. The van der Waals surface area contributed by atoms with Crippen molar-refractivity contribution >= 4 is 11.3 Å². The van der Waals surface area contributed by atoms with E-state index in [1.807, 2.05) is 6.07 Å². The first-order valence-electron chi connectivity index (χ1n) is 8.82. The molecule has 2 aromatic rings. The van der Waals surface area contributed by atoms with Crippen molar-refractivity contribution in [2.45, 2.75) is 52.0 Å². The highest BCUT2D eigenvalue weighted by Gasteiger charge is 2.27. The molecule has 3 heteroatoms. The van der Waals surface area contributed by atoms with Crippen molar-refractivity contribution in [1.29, 1.82) is 0 Å². The number of halogens is 1. The fourth-order valence-corrected chi connectivity index (χ4v) is 4.62. The zero-order valence-corrected chi connectivity index (χ0v) is 15.0. The summed E-state index contributed by atoms with van der Waals surface area (Å²) >= 11 is 1.75. The van der Waals surface area contributed by atoms with Crippen molar-refractivity contribution in [3.05, 3.63) is 46.6 Å². The van der Waals surface area contributed by atoms with Crippen molar-refractivity contribution in [3.63, 3.8) is 0 Å². The molecular formula is C20H26FNS. The van der Waals surface area contributed by atoms with Crippen LogP contribution in [-0.2, 0) is 12.8 Å². The summed E-state index contributed by atoms with van der Waals surface area (Å²) in [4.78, 5) is 3.88. The molecule has 0 aliphatic heterocycles. The maximum absolute atomic E-state index is 14.3. The van der Waals surface area contributed by atoms with E-state index in [1.54, 1.807) is 17.4 Å². The number of benzene rings is 1. The van der Waals surface area contributed by atoms with Crippen LogP contribution in [0.5, 0.6) is 0 Å². The van der Waals surface area contributed by atoms with Crippen LogP contribution >= 0.6 is 11.3 Å². The van der Waals surface area contributed by atoms with E-state index in [0.29, 0.717) is 6.04 Å². The van der Waals surface area contributed by atoms with Crippen molar-refractivity contribution in [1.82, 2.24) is 4.90 Å². The molecule has 1 heterocycles. The molecule has 1 aliphatic rings. The monoisotopic (exact) mass is 331 g/mol. The van der Waals surface area contributed by atoms with E-state index >= 15 is 0 Å². The fourth-order valence-electron chi connectivity index (χ4n) is 3.84. The molecule has 1 aromatic carbocycles. The van der Waals surface area contributed by atoms with Crippen molar-refractivity contribution in [3.8, 4) is 10.4 Å². The third-order valence-electron chi connectivity index (χ3n) is 4.87. The summed E-state index contributed by atoms with van der Waals surface area (Å²) in [6.07, 6.45) is 5.31. The van der Waals surface area contributed by atoms with E-state index < -0.39 is 0 Å². The molecule has 3 rings (SSSR count). The summed E-state index contributed by atoms with van der Waals surface area (Å²) in [5.41, 5.74) is 3.45. The first kappa shape index (κ1) is 16.7. The molecule has 1 aromatic heterocycles. The highest BCUT2D eigenvalue weighted by atomic mass is 32.1. The van der Waals surface area contributed by atoms with Gasteiger partial charge < -0.3 is 4.90 Å². The first-order chi connectivity index (χ1) is 11.2. The van der Waals surface area contributed by atoms with Crippen LogP contribution in [0.4, 0.5) is 4.39 Å². The minimum Gasteiger partial charge on any atom is -0.300 e. The zero-order valence-electron chi connectivity index (χ0n) is 14.1. The van der Waals surface area contributed by atoms with Crippen molar-refractivity contribution in [2.75, 3.05) is 13.1 Å². The predicted octanol–water partition coefficient (Wildman–Crippen LogP) is 5.53. The molecule has 0 spiro atoms. The van der Waals surface area contributed by atoms with Crippen LogP contribution in [-0.4, -0.2) is 24.0 Å². The largest absolute Gasteiger partial charge is 0.300 e. The standard InChI is InChI=1S/C20H26FNS/c1-3-11-22(12-4-2)15-7-8-16-18(14-15)17(9-10-19(16)21)20-6-5-13-23-20/h5-6,9-10,13,15H,3-4,7-8,11-12,14H2,1-2H3/t15-/m1/s1. The predicted molar refractivity (Wildman–Crippen MR) is 97.7 cm³/mol. The summed E-state index contributed by atoms with van der Waals surface area (Å²) in [5, 5.41) is 2.10. The molecule has 1 aliphatic carbocycles. The van der Waals surface area contributed by atoms with Crippen LogP contribution < -0.4 is 0 Å². The maximum atomic E-state index is 14.3. The zero-order chi connectivity index (χ0) is 16.2. The van der Waals surface area contributed by atoms with Gasteiger partial charge in [0.05, 0.1) is 0 Å². The highest BCUT2D eigenvalue weighted by molar-refractivity contribution is 7.13. The van der Waals surface area contributed by atoms with Gasteiger partial charge in [0.25, 0.3) is 0 Å². The Morgan fingerprint density at radius 2 is 1.91 bits per heavy atom. The topological polar surface area (TPSA) is 3.24 Å². The lowest BCUT2D eigenvalue weighted by atomic mass is 9.83. The van der Waals surface area contributed by atoms with E-state index in [2.05, 4.69) is 36.3 Å². The Balaban J connectivity index is 1.93. The number of fused-ring (bicyclic) bond motifs is 1. The van der Waals surface area contributed by atoms with Gasteiger partial charge in [0.15, 0.2) is 0 Å². The second-order valence-electron chi connectivity index (χ2n) is 6.46. The minimum atomic E-state index is -0.0173. The second kappa shape index (κ2) is 7.59. The van der Waals surface area contributed by atoms with Gasteiger partial charge in [-0.15, -0.1) is 11.3 Å².